The van der Waals surface area contributed by atoms with Gasteiger partial charge in [-0.25, -0.2) is 0 Å². The Hall–Kier alpha value is 0.540. The molecule has 2 aliphatic carbocycles. The van der Waals surface area contributed by atoms with Crippen LogP contribution in [0, 0.1) is 16.7 Å². The predicted octanol–water partition coefficient (Wildman–Crippen LogP) is 2.98. The normalized spacial score (nSPS) is 51.2. The van der Waals surface area contributed by atoms with Gasteiger partial charge in [0.15, 0.2) is 0 Å². The van der Waals surface area contributed by atoms with Gasteiger partial charge in [-0.05, 0) is 18.3 Å². The van der Waals surface area contributed by atoms with Gasteiger partial charge in [-0.1, -0.05) is 20.8 Å². The van der Waals surface area contributed by atoms with Gasteiger partial charge in [0.25, 0.3) is 0 Å². The third kappa shape index (κ3) is 1.17. The van der Waals surface area contributed by atoms with Crippen molar-refractivity contribution in [2.24, 2.45) is 16.7 Å². The van der Waals surface area contributed by atoms with Gasteiger partial charge >= 0.3 is 0 Å². The molecule has 0 radical (unpaired) electrons. The van der Waals surface area contributed by atoms with Crippen LogP contribution in [0.5, 0.6) is 0 Å². The molecule has 0 unspecified atom stereocenters. The molecule has 0 aromatic rings. The first-order valence-electron chi connectivity index (χ1n) is 4.77. The molecule has 1 N–H and O–H groups in total. The fourth-order valence-corrected chi connectivity index (χ4v) is 4.29. The lowest BCUT2D eigenvalue weighted by Gasteiger charge is -2.35. The van der Waals surface area contributed by atoms with E-state index in [2.05, 4.69) is 20.8 Å². The zero-order valence-electron chi connectivity index (χ0n) is 8.27. The maximum Gasteiger partial charge on any atom is 0.130 e. The second kappa shape index (κ2) is 2.37. The van der Waals surface area contributed by atoms with E-state index in [0.717, 1.165) is 12.8 Å². The maximum absolute atomic E-state index is 9.89. The second-order valence-corrected chi connectivity index (χ2v) is 7.02. The van der Waals surface area contributed by atoms with E-state index in [1.807, 2.05) is 0 Å². The van der Waals surface area contributed by atoms with Crippen molar-refractivity contribution in [1.29, 1.82) is 0 Å². The molecule has 0 saturated heterocycles. The molecule has 2 saturated carbocycles. The van der Waals surface area contributed by atoms with Crippen molar-refractivity contribution in [3.8, 4) is 0 Å². The van der Waals surface area contributed by atoms with Gasteiger partial charge < -0.3 is 5.11 Å². The van der Waals surface area contributed by atoms with Crippen molar-refractivity contribution >= 4 is 23.2 Å². The number of alkyl halides is 2. The molecule has 0 aromatic carbocycles. The highest BCUT2D eigenvalue weighted by Crippen LogP contribution is 2.76. The van der Waals surface area contributed by atoms with Crippen molar-refractivity contribution < 1.29 is 5.11 Å². The van der Waals surface area contributed by atoms with Gasteiger partial charge in [-0.2, -0.15) is 0 Å². The lowest BCUT2D eigenvalue weighted by atomic mass is 9.71. The average Bonchev–Trinajstić information content (AvgIpc) is 2.20. The first-order valence-corrected chi connectivity index (χ1v) is 5.52. The van der Waals surface area contributed by atoms with Crippen molar-refractivity contribution in [3.05, 3.63) is 0 Å². The summed E-state index contributed by atoms with van der Waals surface area (Å²) in [6.07, 6.45) is 1.49. The maximum atomic E-state index is 9.89. The lowest BCUT2D eigenvalue weighted by Crippen LogP contribution is -2.31. The van der Waals surface area contributed by atoms with Crippen LogP contribution in [-0.4, -0.2) is 15.5 Å². The Kier molecular flexibility index (Phi) is 1.84. The van der Waals surface area contributed by atoms with E-state index in [-0.39, 0.29) is 22.9 Å². The molecule has 0 spiro atoms. The van der Waals surface area contributed by atoms with E-state index >= 15 is 0 Å². The highest BCUT2D eigenvalue weighted by Gasteiger charge is 2.77. The van der Waals surface area contributed by atoms with Gasteiger partial charge in [-0.3, -0.25) is 0 Å². The Balaban J connectivity index is 2.28. The minimum absolute atomic E-state index is 0.0721. The van der Waals surface area contributed by atoms with E-state index < -0.39 is 4.33 Å². The fourth-order valence-electron chi connectivity index (χ4n) is 3.26. The molecule has 2 aliphatic rings. The summed E-state index contributed by atoms with van der Waals surface area (Å²) in [5.41, 5.74) is 0.0907. The van der Waals surface area contributed by atoms with Gasteiger partial charge in [0.05, 0.1) is 6.10 Å². The summed E-state index contributed by atoms with van der Waals surface area (Å²) in [4.78, 5) is 0. The van der Waals surface area contributed by atoms with Crippen LogP contribution in [0.25, 0.3) is 0 Å². The minimum atomic E-state index is -0.694. The van der Waals surface area contributed by atoms with Crippen LogP contribution in [0.4, 0.5) is 0 Å². The van der Waals surface area contributed by atoms with Gasteiger partial charge in [0.1, 0.15) is 4.33 Å². The van der Waals surface area contributed by atoms with Crippen molar-refractivity contribution in [2.75, 3.05) is 0 Å². The third-order valence-electron chi connectivity index (χ3n) is 3.75. The fraction of sp³-hybridized carbons (Fsp3) is 1.00. The van der Waals surface area contributed by atoms with Gasteiger partial charge in [0.2, 0.25) is 0 Å². The lowest BCUT2D eigenvalue weighted by molar-refractivity contribution is 0.0334. The topological polar surface area (TPSA) is 20.2 Å². The van der Waals surface area contributed by atoms with Gasteiger partial charge in [0, 0.05) is 11.3 Å². The first-order chi connectivity index (χ1) is 5.71. The Labute approximate surface area is 89.4 Å². The molecule has 0 aromatic heterocycles. The number of hydrogen-bond acceptors (Lipinski definition) is 1. The molecule has 2 rings (SSSR count). The van der Waals surface area contributed by atoms with Crippen LogP contribution in [0.2, 0.25) is 0 Å². The molecule has 3 heteroatoms. The van der Waals surface area contributed by atoms with Crippen LogP contribution in [-0.2, 0) is 0 Å². The number of fused-ring (bicyclic) bond motifs is 1. The largest absolute Gasteiger partial charge is 0.393 e. The van der Waals surface area contributed by atoms with Crippen LogP contribution < -0.4 is 0 Å². The van der Waals surface area contributed by atoms with Crippen molar-refractivity contribution in [3.63, 3.8) is 0 Å². The SMILES string of the molecule is CC1(C)C[C@@H](O)[C@H]2C(Cl)(Cl)[C@@]2(C)C1. The predicted molar refractivity (Wildman–Crippen MR) is 55.1 cm³/mol. The zero-order valence-corrected chi connectivity index (χ0v) is 9.78. The summed E-state index contributed by atoms with van der Waals surface area (Å²) in [6, 6.07) is 0. The Morgan fingerprint density at radius 3 is 2.23 bits per heavy atom. The zero-order chi connectivity index (χ0) is 10.1. The summed E-state index contributed by atoms with van der Waals surface area (Å²) in [5.74, 6) is 0.0800. The molecule has 0 amide bonds. The van der Waals surface area contributed by atoms with E-state index in [0.29, 0.717) is 0 Å². The number of rotatable bonds is 0. The van der Waals surface area contributed by atoms with Crippen LogP contribution in [0.3, 0.4) is 0 Å². The molecule has 3 atom stereocenters. The first kappa shape index (κ1) is 10.1. The highest BCUT2D eigenvalue weighted by molar-refractivity contribution is 6.52. The van der Waals surface area contributed by atoms with Gasteiger partial charge in [-0.15, -0.1) is 23.2 Å². The highest BCUT2D eigenvalue weighted by atomic mass is 35.5. The quantitative estimate of drug-likeness (QED) is 0.626. The van der Waals surface area contributed by atoms with Crippen molar-refractivity contribution in [2.45, 2.75) is 44.1 Å². The molecule has 1 nitrogen and oxygen atoms in total. The summed E-state index contributed by atoms with van der Waals surface area (Å²) >= 11 is 12.4. The molecule has 2 fully saturated rings. The van der Waals surface area contributed by atoms with Crippen LogP contribution >= 0.6 is 23.2 Å². The molecule has 76 valence electrons. The Morgan fingerprint density at radius 1 is 1.23 bits per heavy atom. The number of aliphatic hydroxyl groups is 1. The van der Waals surface area contributed by atoms with E-state index in [9.17, 15) is 5.11 Å². The number of halogens is 2. The summed E-state index contributed by atoms with van der Waals surface area (Å²) in [7, 11) is 0. The van der Waals surface area contributed by atoms with Crippen LogP contribution in [0.15, 0.2) is 0 Å². The number of hydrogen-bond donors (Lipinski definition) is 1. The molecular formula is C10H16Cl2O. The molecule has 0 heterocycles. The monoisotopic (exact) mass is 222 g/mol. The molecule has 0 bridgehead atoms. The average molecular weight is 223 g/mol. The summed E-state index contributed by atoms with van der Waals surface area (Å²) < 4.78 is -0.694. The Bertz CT molecular complexity index is 249. The standard InChI is InChI=1S/C10H16Cl2O/c1-8(2)4-6(13)7-9(3,5-8)10(7,11)12/h6-7,13H,4-5H2,1-3H3/t6-,7-,9+/m1/s1. The van der Waals surface area contributed by atoms with E-state index in [1.165, 1.54) is 0 Å². The van der Waals surface area contributed by atoms with E-state index in [4.69, 9.17) is 23.2 Å². The second-order valence-electron chi connectivity index (χ2n) is 5.63. The third-order valence-corrected chi connectivity index (χ3v) is 5.08. The van der Waals surface area contributed by atoms with Crippen LogP contribution in [0.1, 0.15) is 33.6 Å². The van der Waals surface area contributed by atoms with E-state index in [1.54, 1.807) is 0 Å². The minimum Gasteiger partial charge on any atom is -0.393 e. The smallest absolute Gasteiger partial charge is 0.130 e. The molecular weight excluding hydrogens is 207 g/mol. The summed E-state index contributed by atoms with van der Waals surface area (Å²) in [6.45, 7) is 6.42. The molecule has 13 heavy (non-hydrogen) atoms. The molecule has 0 aliphatic heterocycles. The summed E-state index contributed by atoms with van der Waals surface area (Å²) in [5, 5.41) is 9.89. The Morgan fingerprint density at radius 2 is 1.77 bits per heavy atom. The van der Waals surface area contributed by atoms with Crippen molar-refractivity contribution in [1.82, 2.24) is 0 Å². The number of aliphatic hydroxyl groups excluding tert-OH is 1.